The molecule has 0 bridgehead atoms. The first-order chi connectivity index (χ1) is 13.8. The van der Waals surface area contributed by atoms with Crippen LogP contribution in [-0.2, 0) is 25.9 Å². The summed E-state index contributed by atoms with van der Waals surface area (Å²) in [5.41, 5.74) is 4.78. The molecule has 2 heterocycles. The molecule has 5 heteroatoms. The van der Waals surface area contributed by atoms with E-state index in [4.69, 9.17) is 4.98 Å². The predicted octanol–water partition coefficient (Wildman–Crippen LogP) is 4.39. The molecule has 0 amide bonds. The second-order valence-electron chi connectivity index (χ2n) is 6.96. The Hall–Kier alpha value is -3.21. The van der Waals surface area contributed by atoms with E-state index < -0.39 is 0 Å². The van der Waals surface area contributed by atoms with E-state index in [1.807, 2.05) is 18.7 Å². The van der Waals surface area contributed by atoms with E-state index >= 15 is 0 Å². The van der Waals surface area contributed by atoms with Crippen LogP contribution in [0.4, 0.5) is 0 Å². The quantitative estimate of drug-likeness (QED) is 0.462. The standard InChI is InChI=1S/C23H25N5/c1-2-15-27-18-25-26-22(27)16-28-17-24-23(20-11-7-4-8-12-20)21(28)14-13-19-9-5-3-6-10-19/h3-12,17-18H,2,13-16H2,1H3. The van der Waals surface area contributed by atoms with Crippen LogP contribution in [0.1, 0.15) is 30.4 Å². The molecule has 0 spiro atoms. The van der Waals surface area contributed by atoms with Gasteiger partial charge in [0.25, 0.3) is 0 Å². The van der Waals surface area contributed by atoms with Crippen LogP contribution in [-0.4, -0.2) is 24.3 Å². The molecule has 0 aliphatic rings. The molecule has 0 fully saturated rings. The molecule has 142 valence electrons. The lowest BCUT2D eigenvalue weighted by molar-refractivity contribution is 0.602. The Morgan fingerprint density at radius 3 is 2.32 bits per heavy atom. The lowest BCUT2D eigenvalue weighted by Gasteiger charge is -2.11. The van der Waals surface area contributed by atoms with Gasteiger partial charge in [0.15, 0.2) is 5.82 Å². The molecule has 0 saturated carbocycles. The maximum absolute atomic E-state index is 4.76. The molecule has 0 unspecified atom stereocenters. The van der Waals surface area contributed by atoms with Gasteiger partial charge in [-0.25, -0.2) is 4.98 Å². The molecular formula is C23H25N5. The van der Waals surface area contributed by atoms with Gasteiger partial charge in [-0.3, -0.25) is 0 Å². The van der Waals surface area contributed by atoms with Gasteiger partial charge in [0.2, 0.25) is 0 Å². The van der Waals surface area contributed by atoms with Crippen LogP contribution in [0.2, 0.25) is 0 Å². The molecule has 28 heavy (non-hydrogen) atoms. The van der Waals surface area contributed by atoms with Gasteiger partial charge in [-0.05, 0) is 24.8 Å². The second kappa shape index (κ2) is 8.65. The summed E-state index contributed by atoms with van der Waals surface area (Å²) in [7, 11) is 0. The van der Waals surface area contributed by atoms with Crippen molar-refractivity contribution in [2.45, 2.75) is 39.3 Å². The number of hydrogen-bond donors (Lipinski definition) is 0. The van der Waals surface area contributed by atoms with Crippen LogP contribution in [0.25, 0.3) is 11.3 Å². The summed E-state index contributed by atoms with van der Waals surface area (Å²) in [6, 6.07) is 21.0. The summed E-state index contributed by atoms with van der Waals surface area (Å²) < 4.78 is 4.35. The van der Waals surface area contributed by atoms with Crippen LogP contribution >= 0.6 is 0 Å². The maximum Gasteiger partial charge on any atom is 0.152 e. The number of aryl methyl sites for hydroxylation is 2. The van der Waals surface area contributed by atoms with Crippen molar-refractivity contribution < 1.29 is 0 Å². The zero-order valence-electron chi connectivity index (χ0n) is 16.2. The summed E-state index contributed by atoms with van der Waals surface area (Å²) >= 11 is 0. The van der Waals surface area contributed by atoms with E-state index in [1.54, 1.807) is 0 Å². The highest BCUT2D eigenvalue weighted by atomic mass is 15.3. The van der Waals surface area contributed by atoms with E-state index in [-0.39, 0.29) is 0 Å². The highest BCUT2D eigenvalue weighted by Gasteiger charge is 2.15. The van der Waals surface area contributed by atoms with Gasteiger partial charge in [-0.1, -0.05) is 67.6 Å². The van der Waals surface area contributed by atoms with Crippen molar-refractivity contribution in [1.29, 1.82) is 0 Å². The summed E-state index contributed by atoms with van der Waals surface area (Å²) in [4.78, 5) is 4.76. The first-order valence-electron chi connectivity index (χ1n) is 9.85. The maximum atomic E-state index is 4.76. The third-order valence-corrected chi connectivity index (χ3v) is 4.96. The largest absolute Gasteiger partial charge is 0.326 e. The number of rotatable bonds is 8. The summed E-state index contributed by atoms with van der Waals surface area (Å²) in [5, 5.41) is 8.44. The molecule has 5 nitrogen and oxygen atoms in total. The van der Waals surface area contributed by atoms with Gasteiger partial charge >= 0.3 is 0 Å². The molecule has 0 aliphatic carbocycles. The molecule has 4 aromatic rings. The molecule has 0 radical (unpaired) electrons. The van der Waals surface area contributed by atoms with E-state index in [0.29, 0.717) is 6.54 Å². The zero-order chi connectivity index (χ0) is 19.2. The van der Waals surface area contributed by atoms with Crippen molar-refractivity contribution in [3.63, 3.8) is 0 Å². The zero-order valence-corrected chi connectivity index (χ0v) is 16.2. The molecule has 2 aromatic carbocycles. The van der Waals surface area contributed by atoms with Crippen LogP contribution in [0.15, 0.2) is 73.3 Å². The number of nitrogens with zero attached hydrogens (tertiary/aromatic N) is 5. The topological polar surface area (TPSA) is 48.5 Å². The molecule has 4 rings (SSSR count). The van der Waals surface area contributed by atoms with E-state index in [9.17, 15) is 0 Å². The molecule has 0 N–H and O–H groups in total. The highest BCUT2D eigenvalue weighted by Crippen LogP contribution is 2.24. The first-order valence-corrected chi connectivity index (χ1v) is 9.85. The van der Waals surface area contributed by atoms with Gasteiger partial charge in [-0.15, -0.1) is 10.2 Å². The van der Waals surface area contributed by atoms with E-state index in [0.717, 1.165) is 42.9 Å². The number of aromatic nitrogens is 5. The van der Waals surface area contributed by atoms with Crippen LogP contribution in [0.3, 0.4) is 0 Å². The minimum atomic E-state index is 0.684. The average Bonchev–Trinajstić information content (AvgIpc) is 3.35. The van der Waals surface area contributed by atoms with Gasteiger partial charge < -0.3 is 9.13 Å². The van der Waals surface area contributed by atoms with Gasteiger partial charge in [0.05, 0.1) is 18.6 Å². The molecule has 0 atom stereocenters. The van der Waals surface area contributed by atoms with E-state index in [2.05, 4.69) is 80.9 Å². The lowest BCUT2D eigenvalue weighted by atomic mass is 10.0. The van der Waals surface area contributed by atoms with Crippen molar-refractivity contribution in [3.05, 3.63) is 90.4 Å². The van der Waals surface area contributed by atoms with Crippen molar-refractivity contribution >= 4 is 0 Å². The molecule has 0 saturated heterocycles. The Balaban J connectivity index is 1.65. The fraction of sp³-hybridized carbons (Fsp3) is 0.261. The van der Waals surface area contributed by atoms with Crippen molar-refractivity contribution in [2.75, 3.05) is 0 Å². The van der Waals surface area contributed by atoms with Crippen molar-refractivity contribution in [3.8, 4) is 11.3 Å². The Kier molecular flexibility index (Phi) is 5.61. The number of benzene rings is 2. The number of imidazole rings is 1. The average molecular weight is 371 g/mol. The van der Waals surface area contributed by atoms with Gasteiger partial charge in [0.1, 0.15) is 6.33 Å². The first kappa shape index (κ1) is 18.2. The Morgan fingerprint density at radius 1 is 0.821 bits per heavy atom. The SMILES string of the molecule is CCCn1cnnc1Cn1cnc(-c2ccccc2)c1CCc1ccccc1. The molecular weight excluding hydrogens is 346 g/mol. The third kappa shape index (κ3) is 4.03. The van der Waals surface area contributed by atoms with Crippen LogP contribution in [0, 0.1) is 0 Å². The smallest absolute Gasteiger partial charge is 0.152 e. The normalized spacial score (nSPS) is 11.0. The van der Waals surface area contributed by atoms with Crippen LogP contribution in [0.5, 0.6) is 0 Å². The predicted molar refractivity (Wildman–Crippen MR) is 111 cm³/mol. The Bertz CT molecular complexity index is 1000. The minimum absolute atomic E-state index is 0.684. The summed E-state index contributed by atoms with van der Waals surface area (Å²) in [6.45, 7) is 3.78. The molecule has 0 aliphatic heterocycles. The van der Waals surface area contributed by atoms with Gasteiger partial charge in [-0.2, -0.15) is 0 Å². The summed E-state index contributed by atoms with van der Waals surface area (Å²) in [6.07, 6.45) is 6.72. The van der Waals surface area contributed by atoms with Gasteiger partial charge in [0, 0.05) is 17.8 Å². The van der Waals surface area contributed by atoms with E-state index in [1.165, 1.54) is 11.3 Å². The lowest BCUT2D eigenvalue weighted by Crippen LogP contribution is -2.11. The molecule has 2 aromatic heterocycles. The second-order valence-corrected chi connectivity index (χ2v) is 6.96. The fourth-order valence-corrected chi connectivity index (χ4v) is 3.53. The Morgan fingerprint density at radius 2 is 1.57 bits per heavy atom. The minimum Gasteiger partial charge on any atom is -0.326 e. The monoisotopic (exact) mass is 371 g/mol. The number of hydrogen-bond acceptors (Lipinski definition) is 3. The third-order valence-electron chi connectivity index (χ3n) is 4.96. The summed E-state index contributed by atoms with van der Waals surface area (Å²) in [5.74, 6) is 0.972. The Labute approximate surface area is 165 Å². The fourth-order valence-electron chi connectivity index (χ4n) is 3.53. The van der Waals surface area contributed by atoms with Crippen LogP contribution < -0.4 is 0 Å². The van der Waals surface area contributed by atoms with Crippen molar-refractivity contribution in [1.82, 2.24) is 24.3 Å². The van der Waals surface area contributed by atoms with Crippen molar-refractivity contribution in [2.24, 2.45) is 0 Å². The highest BCUT2D eigenvalue weighted by molar-refractivity contribution is 5.62.